The summed E-state index contributed by atoms with van der Waals surface area (Å²) in [5.74, 6) is 0.729. The number of benzene rings is 1. The van der Waals surface area contributed by atoms with E-state index in [9.17, 15) is 0 Å². The van der Waals surface area contributed by atoms with Gasteiger partial charge in [-0.3, -0.25) is 0 Å². The van der Waals surface area contributed by atoms with Gasteiger partial charge >= 0.3 is 0 Å². The number of aliphatic imine (C=N–C) groups is 1. The fraction of sp³-hybridized carbons (Fsp3) is 0.182. The Morgan fingerprint density at radius 2 is 2.20 bits per heavy atom. The Morgan fingerprint density at radius 1 is 1.47 bits per heavy atom. The minimum atomic E-state index is 0.267. The molecule has 2 rings (SSSR count). The number of rotatable bonds is 2. The van der Waals surface area contributed by atoms with Gasteiger partial charge in [-0.1, -0.05) is 18.2 Å². The fourth-order valence-electron chi connectivity index (χ4n) is 1.47. The summed E-state index contributed by atoms with van der Waals surface area (Å²) in [6.45, 7) is 2.05. The van der Waals surface area contributed by atoms with Crippen molar-refractivity contribution in [1.82, 2.24) is 0 Å². The molecular formula is C11H11ClN2S. The van der Waals surface area contributed by atoms with Crippen LogP contribution in [0.25, 0.3) is 10.1 Å². The molecule has 0 aliphatic rings. The first-order chi connectivity index (χ1) is 7.22. The summed E-state index contributed by atoms with van der Waals surface area (Å²) in [5, 5.41) is 1.15. The van der Waals surface area contributed by atoms with E-state index < -0.39 is 0 Å². The van der Waals surface area contributed by atoms with Gasteiger partial charge in [0.15, 0.2) is 0 Å². The number of thiophene rings is 1. The summed E-state index contributed by atoms with van der Waals surface area (Å²) in [6.07, 6.45) is 0. The van der Waals surface area contributed by atoms with Crippen molar-refractivity contribution in [2.24, 2.45) is 10.7 Å². The summed E-state index contributed by atoms with van der Waals surface area (Å²) in [5.41, 5.74) is 6.60. The molecule has 0 radical (unpaired) electrons. The molecule has 2 aromatic rings. The molecular weight excluding hydrogens is 228 g/mol. The minimum absolute atomic E-state index is 0.267. The second kappa shape index (κ2) is 4.21. The molecule has 0 spiro atoms. The zero-order chi connectivity index (χ0) is 10.8. The van der Waals surface area contributed by atoms with Crippen LogP contribution in [0.2, 0.25) is 0 Å². The van der Waals surface area contributed by atoms with Crippen LogP contribution in [0.3, 0.4) is 0 Å². The van der Waals surface area contributed by atoms with Crippen molar-refractivity contribution in [3.05, 3.63) is 29.1 Å². The number of nitrogens with two attached hydrogens (primary N) is 1. The Morgan fingerprint density at radius 3 is 2.93 bits per heavy atom. The maximum absolute atomic E-state index is 5.65. The number of aryl methyl sites for hydroxylation is 1. The molecule has 0 aliphatic carbocycles. The van der Waals surface area contributed by atoms with Gasteiger partial charge in [0.1, 0.15) is 5.84 Å². The Bertz CT molecular complexity index is 516. The van der Waals surface area contributed by atoms with Crippen LogP contribution in [0.15, 0.2) is 29.3 Å². The van der Waals surface area contributed by atoms with Crippen LogP contribution < -0.4 is 5.73 Å². The summed E-state index contributed by atoms with van der Waals surface area (Å²) in [4.78, 5) is 5.51. The fourth-order valence-corrected chi connectivity index (χ4v) is 2.53. The van der Waals surface area contributed by atoms with E-state index in [-0.39, 0.29) is 5.88 Å². The second-order valence-corrected chi connectivity index (χ2v) is 4.76. The van der Waals surface area contributed by atoms with E-state index in [1.165, 1.54) is 9.58 Å². The normalized spacial score (nSPS) is 12.3. The van der Waals surface area contributed by atoms with E-state index in [1.807, 2.05) is 19.1 Å². The molecule has 0 unspecified atom stereocenters. The second-order valence-electron chi connectivity index (χ2n) is 3.24. The number of hydrogen-bond donors (Lipinski definition) is 1. The highest BCUT2D eigenvalue weighted by Gasteiger charge is 2.07. The third-order valence-electron chi connectivity index (χ3n) is 2.13. The van der Waals surface area contributed by atoms with E-state index in [0.29, 0.717) is 5.84 Å². The number of halogens is 1. The Labute approximate surface area is 97.4 Å². The van der Waals surface area contributed by atoms with Crippen molar-refractivity contribution in [3.63, 3.8) is 0 Å². The molecule has 4 heteroatoms. The van der Waals surface area contributed by atoms with Crippen LogP contribution in [0.5, 0.6) is 0 Å². The van der Waals surface area contributed by atoms with Gasteiger partial charge in [0.05, 0.1) is 11.6 Å². The van der Waals surface area contributed by atoms with Crippen LogP contribution >= 0.6 is 22.9 Å². The first-order valence-electron chi connectivity index (χ1n) is 4.59. The van der Waals surface area contributed by atoms with Crippen LogP contribution in [0, 0.1) is 6.92 Å². The number of amidine groups is 1. The largest absolute Gasteiger partial charge is 0.386 e. The highest BCUT2D eigenvalue weighted by molar-refractivity contribution is 7.19. The van der Waals surface area contributed by atoms with E-state index in [2.05, 4.69) is 17.1 Å². The molecule has 0 saturated heterocycles. The van der Waals surface area contributed by atoms with Gasteiger partial charge in [-0.25, -0.2) is 4.99 Å². The lowest BCUT2D eigenvalue weighted by Gasteiger charge is -1.96. The van der Waals surface area contributed by atoms with Crippen LogP contribution in [0.4, 0.5) is 5.69 Å². The first kappa shape index (κ1) is 10.5. The zero-order valence-electron chi connectivity index (χ0n) is 8.33. The smallest absolute Gasteiger partial charge is 0.115 e. The molecule has 0 fully saturated rings. The maximum Gasteiger partial charge on any atom is 0.115 e. The molecule has 2 nitrogen and oxygen atoms in total. The third kappa shape index (κ3) is 1.98. The number of fused-ring (bicyclic) bond motifs is 1. The van der Waals surface area contributed by atoms with E-state index >= 15 is 0 Å². The number of nitrogens with zero attached hydrogens (tertiary/aromatic N) is 1. The molecule has 0 bridgehead atoms. The van der Waals surface area contributed by atoms with E-state index in [0.717, 1.165) is 11.1 Å². The van der Waals surface area contributed by atoms with Crippen LogP contribution in [0.1, 0.15) is 4.88 Å². The quantitative estimate of drug-likeness (QED) is 0.486. The average molecular weight is 239 g/mol. The molecule has 0 atom stereocenters. The van der Waals surface area contributed by atoms with Gasteiger partial charge in [-0.2, -0.15) is 0 Å². The van der Waals surface area contributed by atoms with E-state index in [4.69, 9.17) is 17.3 Å². The number of hydrogen-bond acceptors (Lipinski definition) is 2. The predicted molar refractivity (Wildman–Crippen MR) is 68.6 cm³/mol. The van der Waals surface area contributed by atoms with Crippen LogP contribution in [-0.4, -0.2) is 11.7 Å². The van der Waals surface area contributed by atoms with Gasteiger partial charge in [0.2, 0.25) is 0 Å². The van der Waals surface area contributed by atoms with Crippen molar-refractivity contribution in [3.8, 4) is 0 Å². The van der Waals surface area contributed by atoms with Gasteiger partial charge in [0.25, 0.3) is 0 Å². The molecule has 1 heterocycles. The highest BCUT2D eigenvalue weighted by atomic mass is 35.5. The van der Waals surface area contributed by atoms with Crippen molar-refractivity contribution < 1.29 is 0 Å². The SMILES string of the molecule is Cc1sc2ccccc2c1N=C(N)CCl. The molecule has 1 aromatic carbocycles. The van der Waals surface area contributed by atoms with Crippen molar-refractivity contribution >= 4 is 44.5 Å². The minimum Gasteiger partial charge on any atom is -0.386 e. The average Bonchev–Trinajstić information content (AvgIpc) is 2.55. The third-order valence-corrected chi connectivity index (χ3v) is 3.48. The Hall–Kier alpha value is -1.06. The standard InChI is InChI=1S/C11H11ClN2S/c1-7-11(14-10(13)6-12)8-4-2-3-5-9(8)15-7/h2-5H,6H2,1H3,(H2,13,14). The highest BCUT2D eigenvalue weighted by Crippen LogP contribution is 2.36. The lowest BCUT2D eigenvalue weighted by molar-refractivity contribution is 1.45. The predicted octanol–water partition coefficient (Wildman–Crippen LogP) is 3.44. The summed E-state index contributed by atoms with van der Waals surface area (Å²) in [7, 11) is 0. The van der Waals surface area contributed by atoms with Gasteiger partial charge < -0.3 is 5.73 Å². The molecule has 78 valence electrons. The lowest BCUT2D eigenvalue weighted by Crippen LogP contribution is -2.12. The Balaban J connectivity index is 2.64. The molecule has 0 amide bonds. The van der Waals surface area contributed by atoms with Crippen molar-refractivity contribution in [2.75, 3.05) is 5.88 Å². The zero-order valence-corrected chi connectivity index (χ0v) is 9.90. The summed E-state index contributed by atoms with van der Waals surface area (Å²) < 4.78 is 1.23. The lowest BCUT2D eigenvalue weighted by atomic mass is 10.2. The maximum atomic E-state index is 5.65. The molecule has 15 heavy (non-hydrogen) atoms. The molecule has 2 N–H and O–H groups in total. The summed E-state index contributed by atoms with van der Waals surface area (Å²) in [6, 6.07) is 8.17. The topological polar surface area (TPSA) is 38.4 Å². The number of alkyl halides is 1. The van der Waals surface area contributed by atoms with E-state index in [1.54, 1.807) is 11.3 Å². The van der Waals surface area contributed by atoms with Gasteiger partial charge in [-0.05, 0) is 13.0 Å². The Kier molecular flexibility index (Phi) is 2.93. The van der Waals surface area contributed by atoms with Gasteiger partial charge in [0, 0.05) is 15.0 Å². The van der Waals surface area contributed by atoms with Crippen molar-refractivity contribution in [1.29, 1.82) is 0 Å². The van der Waals surface area contributed by atoms with Crippen molar-refractivity contribution in [2.45, 2.75) is 6.92 Å². The monoisotopic (exact) mass is 238 g/mol. The molecule has 0 saturated carbocycles. The molecule has 1 aromatic heterocycles. The van der Waals surface area contributed by atoms with Gasteiger partial charge in [-0.15, -0.1) is 22.9 Å². The summed E-state index contributed by atoms with van der Waals surface area (Å²) >= 11 is 7.35. The first-order valence-corrected chi connectivity index (χ1v) is 5.94. The van der Waals surface area contributed by atoms with Crippen LogP contribution in [-0.2, 0) is 0 Å². The molecule has 0 aliphatic heterocycles.